The molecule has 2 rings (SSSR count). The second-order valence-electron chi connectivity index (χ2n) is 2.71. The Morgan fingerprint density at radius 1 is 1.64 bits per heavy atom. The van der Waals surface area contributed by atoms with Crippen LogP contribution in [0.25, 0.3) is 10.9 Å². The topological polar surface area (TPSA) is 83.8 Å². The maximum Gasteiger partial charge on any atom is 0.317 e. The molecule has 0 aromatic carbocycles. The van der Waals surface area contributed by atoms with Crippen molar-refractivity contribution in [3.8, 4) is 0 Å². The number of primary amides is 1. The van der Waals surface area contributed by atoms with E-state index in [1.807, 2.05) is 0 Å². The first-order chi connectivity index (χ1) is 6.68. The number of amides is 2. The first-order valence-corrected chi connectivity index (χ1v) is 4.24. The van der Waals surface area contributed by atoms with Crippen molar-refractivity contribution >= 4 is 34.4 Å². The van der Waals surface area contributed by atoms with Crippen LogP contribution in [0.1, 0.15) is 0 Å². The minimum atomic E-state index is -0.657. The number of nitrogens with two attached hydrogens (primary N) is 1. The maximum atomic E-state index is 10.6. The SMILES string of the molecule is NC(=O)Nc1nccc2c(Cl)c[nH]c12. The summed E-state index contributed by atoms with van der Waals surface area (Å²) in [7, 11) is 0. The van der Waals surface area contributed by atoms with E-state index in [2.05, 4.69) is 15.3 Å². The van der Waals surface area contributed by atoms with Crippen LogP contribution in [-0.2, 0) is 0 Å². The molecular formula is C8H7ClN4O. The third-order valence-corrected chi connectivity index (χ3v) is 2.11. The molecule has 5 nitrogen and oxygen atoms in total. The highest BCUT2D eigenvalue weighted by molar-refractivity contribution is 6.35. The Bertz CT molecular complexity index is 493. The molecule has 0 atom stereocenters. The molecular weight excluding hydrogens is 204 g/mol. The largest absolute Gasteiger partial charge is 0.357 e. The average molecular weight is 211 g/mol. The average Bonchev–Trinajstić information content (AvgIpc) is 2.49. The summed E-state index contributed by atoms with van der Waals surface area (Å²) in [6, 6.07) is 1.09. The van der Waals surface area contributed by atoms with Crippen molar-refractivity contribution in [2.75, 3.05) is 5.32 Å². The van der Waals surface area contributed by atoms with Crippen molar-refractivity contribution in [1.29, 1.82) is 0 Å². The number of carbonyl (C=O) groups excluding carboxylic acids is 1. The molecule has 0 saturated carbocycles. The lowest BCUT2D eigenvalue weighted by Gasteiger charge is -2.01. The number of anilines is 1. The van der Waals surface area contributed by atoms with Crippen LogP contribution >= 0.6 is 11.6 Å². The van der Waals surface area contributed by atoms with Crippen LogP contribution in [0.15, 0.2) is 18.5 Å². The van der Waals surface area contributed by atoms with Gasteiger partial charge in [0.15, 0.2) is 5.82 Å². The number of hydrogen-bond acceptors (Lipinski definition) is 2. The van der Waals surface area contributed by atoms with Crippen LogP contribution in [0.5, 0.6) is 0 Å². The maximum absolute atomic E-state index is 10.6. The molecule has 0 spiro atoms. The number of pyridine rings is 1. The minimum Gasteiger partial charge on any atom is -0.357 e. The highest BCUT2D eigenvalue weighted by Crippen LogP contribution is 2.26. The number of carbonyl (C=O) groups is 1. The summed E-state index contributed by atoms with van der Waals surface area (Å²) >= 11 is 5.88. The van der Waals surface area contributed by atoms with Crippen LogP contribution in [0, 0.1) is 0 Å². The van der Waals surface area contributed by atoms with Gasteiger partial charge in [0.25, 0.3) is 0 Å². The van der Waals surface area contributed by atoms with Crippen molar-refractivity contribution in [3.05, 3.63) is 23.5 Å². The van der Waals surface area contributed by atoms with Gasteiger partial charge in [-0.1, -0.05) is 11.6 Å². The fourth-order valence-electron chi connectivity index (χ4n) is 1.23. The normalized spacial score (nSPS) is 10.4. The van der Waals surface area contributed by atoms with Crippen molar-refractivity contribution in [1.82, 2.24) is 9.97 Å². The van der Waals surface area contributed by atoms with Gasteiger partial charge < -0.3 is 10.7 Å². The summed E-state index contributed by atoms with van der Waals surface area (Å²) in [6.07, 6.45) is 3.17. The number of urea groups is 1. The zero-order valence-corrected chi connectivity index (χ0v) is 7.80. The summed E-state index contributed by atoms with van der Waals surface area (Å²) in [5.74, 6) is 0.377. The van der Waals surface area contributed by atoms with Gasteiger partial charge >= 0.3 is 6.03 Å². The monoisotopic (exact) mass is 210 g/mol. The molecule has 6 heteroatoms. The number of aromatic amines is 1. The highest BCUT2D eigenvalue weighted by Gasteiger charge is 2.07. The van der Waals surface area contributed by atoms with Gasteiger partial charge in [-0.25, -0.2) is 9.78 Å². The van der Waals surface area contributed by atoms with E-state index in [9.17, 15) is 4.79 Å². The van der Waals surface area contributed by atoms with Crippen LogP contribution in [0.2, 0.25) is 5.02 Å². The Hall–Kier alpha value is -1.75. The summed E-state index contributed by atoms with van der Waals surface area (Å²) in [4.78, 5) is 17.5. The Kier molecular flexibility index (Phi) is 2.01. The molecule has 0 fully saturated rings. The fraction of sp³-hybridized carbons (Fsp3) is 0. The van der Waals surface area contributed by atoms with E-state index in [-0.39, 0.29) is 0 Å². The molecule has 0 bridgehead atoms. The second-order valence-corrected chi connectivity index (χ2v) is 3.12. The van der Waals surface area contributed by atoms with Crippen molar-refractivity contribution in [2.45, 2.75) is 0 Å². The molecule has 2 amide bonds. The minimum absolute atomic E-state index is 0.377. The Morgan fingerprint density at radius 3 is 3.14 bits per heavy atom. The molecule has 2 heterocycles. The van der Waals surface area contributed by atoms with E-state index in [1.165, 1.54) is 0 Å². The molecule has 2 aromatic heterocycles. The predicted octanol–water partition coefficient (Wildman–Crippen LogP) is 1.71. The lowest BCUT2D eigenvalue weighted by Crippen LogP contribution is -2.20. The van der Waals surface area contributed by atoms with Crippen molar-refractivity contribution in [2.24, 2.45) is 5.73 Å². The van der Waals surface area contributed by atoms with E-state index in [1.54, 1.807) is 18.5 Å². The number of H-pyrrole nitrogens is 1. The molecule has 0 aliphatic carbocycles. The number of rotatable bonds is 1. The zero-order chi connectivity index (χ0) is 10.1. The lowest BCUT2D eigenvalue weighted by atomic mass is 10.3. The van der Waals surface area contributed by atoms with E-state index < -0.39 is 6.03 Å². The van der Waals surface area contributed by atoms with E-state index >= 15 is 0 Å². The third kappa shape index (κ3) is 1.38. The standard InChI is InChI=1S/C8H7ClN4O/c9-5-3-12-6-4(5)1-2-11-7(6)13-8(10)14/h1-3,12H,(H3,10,11,13,14). The molecule has 0 saturated heterocycles. The number of hydrogen-bond donors (Lipinski definition) is 3. The Balaban J connectivity index is 2.59. The number of halogens is 1. The van der Waals surface area contributed by atoms with E-state index in [0.717, 1.165) is 5.39 Å². The summed E-state index contributed by atoms with van der Waals surface area (Å²) in [5.41, 5.74) is 5.65. The summed E-state index contributed by atoms with van der Waals surface area (Å²) < 4.78 is 0. The third-order valence-electron chi connectivity index (χ3n) is 1.79. The number of nitrogens with one attached hydrogen (secondary N) is 2. The van der Waals surface area contributed by atoms with Gasteiger partial charge in [-0.2, -0.15) is 0 Å². The molecule has 72 valence electrons. The van der Waals surface area contributed by atoms with Gasteiger partial charge in [0.2, 0.25) is 0 Å². The second kappa shape index (κ2) is 3.19. The Morgan fingerprint density at radius 2 is 2.43 bits per heavy atom. The van der Waals surface area contributed by atoms with Gasteiger partial charge in [-0.3, -0.25) is 5.32 Å². The molecule has 14 heavy (non-hydrogen) atoms. The number of nitrogens with zero attached hydrogens (tertiary/aromatic N) is 1. The van der Waals surface area contributed by atoms with Crippen molar-refractivity contribution < 1.29 is 4.79 Å². The molecule has 4 N–H and O–H groups in total. The quantitative estimate of drug-likeness (QED) is 0.670. The van der Waals surface area contributed by atoms with Gasteiger partial charge in [0.05, 0.1) is 10.5 Å². The first-order valence-electron chi connectivity index (χ1n) is 3.86. The highest BCUT2D eigenvalue weighted by atomic mass is 35.5. The smallest absolute Gasteiger partial charge is 0.317 e. The van der Waals surface area contributed by atoms with E-state index in [0.29, 0.717) is 16.4 Å². The Labute approximate surface area is 84.3 Å². The molecule has 0 aliphatic heterocycles. The van der Waals surface area contributed by atoms with Gasteiger partial charge in [0, 0.05) is 17.8 Å². The zero-order valence-electron chi connectivity index (χ0n) is 7.04. The van der Waals surface area contributed by atoms with Crippen LogP contribution in [-0.4, -0.2) is 16.0 Å². The molecule has 0 radical (unpaired) electrons. The van der Waals surface area contributed by atoms with Gasteiger partial charge in [-0.15, -0.1) is 0 Å². The van der Waals surface area contributed by atoms with Crippen LogP contribution < -0.4 is 11.1 Å². The van der Waals surface area contributed by atoms with E-state index in [4.69, 9.17) is 17.3 Å². The summed E-state index contributed by atoms with van der Waals surface area (Å²) in [6.45, 7) is 0. The van der Waals surface area contributed by atoms with Crippen LogP contribution in [0.3, 0.4) is 0 Å². The van der Waals surface area contributed by atoms with Crippen molar-refractivity contribution in [3.63, 3.8) is 0 Å². The first kappa shape index (κ1) is 8.83. The van der Waals surface area contributed by atoms with Gasteiger partial charge in [-0.05, 0) is 6.07 Å². The molecule has 0 unspecified atom stereocenters. The van der Waals surface area contributed by atoms with Gasteiger partial charge in [0.1, 0.15) is 0 Å². The fourth-order valence-corrected chi connectivity index (χ4v) is 1.44. The van der Waals surface area contributed by atoms with Crippen LogP contribution in [0.4, 0.5) is 10.6 Å². The number of fused-ring (bicyclic) bond motifs is 1. The lowest BCUT2D eigenvalue weighted by molar-refractivity contribution is 0.259. The molecule has 0 aliphatic rings. The summed E-state index contributed by atoms with van der Waals surface area (Å²) in [5, 5.41) is 3.77. The molecule has 2 aromatic rings. The predicted molar refractivity (Wildman–Crippen MR) is 54.3 cm³/mol. The number of aromatic nitrogens is 2.